The van der Waals surface area contributed by atoms with Crippen molar-refractivity contribution in [2.45, 2.75) is 18.6 Å². The lowest BCUT2D eigenvalue weighted by Gasteiger charge is -2.34. The summed E-state index contributed by atoms with van der Waals surface area (Å²) in [4.78, 5) is 36.3. The van der Waals surface area contributed by atoms with Crippen LogP contribution in [0.3, 0.4) is 0 Å². The molecule has 0 saturated carbocycles. The van der Waals surface area contributed by atoms with Gasteiger partial charge in [-0.2, -0.15) is 13.2 Å². The second-order valence-corrected chi connectivity index (χ2v) is 8.44. The van der Waals surface area contributed by atoms with E-state index in [1.807, 2.05) is 25.2 Å². The average Bonchev–Trinajstić information content (AvgIpc) is 2.73. The maximum atomic E-state index is 12.3. The fraction of sp³-hybridized carbons (Fsp3) is 0.318. The summed E-state index contributed by atoms with van der Waals surface area (Å²) >= 11 is 12.6. The largest absolute Gasteiger partial charge is 0.491 e. The molecule has 0 bridgehead atoms. The molecule has 34 heavy (non-hydrogen) atoms. The third-order valence-corrected chi connectivity index (χ3v) is 5.55. The van der Waals surface area contributed by atoms with Crippen LogP contribution < -0.4 is 5.32 Å². The van der Waals surface area contributed by atoms with Crippen LogP contribution >= 0.6 is 23.2 Å². The maximum Gasteiger partial charge on any atom is 0.491 e. The van der Waals surface area contributed by atoms with Gasteiger partial charge in [-0.25, -0.2) is 9.59 Å². The Balaban J connectivity index is 1.68. The number of hydrogen-bond acceptors (Lipinski definition) is 6. The first-order chi connectivity index (χ1) is 16.0. The van der Waals surface area contributed by atoms with E-state index in [1.165, 1.54) is 0 Å². The molecular weight excluding hydrogens is 500 g/mol. The Morgan fingerprint density at radius 2 is 1.82 bits per heavy atom. The van der Waals surface area contributed by atoms with Crippen LogP contribution in [0.15, 0.2) is 36.4 Å². The van der Waals surface area contributed by atoms with Gasteiger partial charge in [0.2, 0.25) is 5.91 Å². The molecule has 1 N–H and O–H groups in total. The molecule has 1 atom stereocenters. The van der Waals surface area contributed by atoms with Crippen molar-refractivity contribution in [3.8, 4) is 0 Å². The van der Waals surface area contributed by atoms with Gasteiger partial charge in [0.1, 0.15) is 13.2 Å². The van der Waals surface area contributed by atoms with E-state index in [2.05, 4.69) is 15.0 Å². The van der Waals surface area contributed by atoms with Gasteiger partial charge in [0.15, 0.2) is 0 Å². The number of carbonyl (C=O) groups is 3. The predicted octanol–water partition coefficient (Wildman–Crippen LogP) is 4.16. The number of nitrogens with one attached hydrogen (secondary N) is 1. The molecule has 0 saturated heterocycles. The standard InChI is InChI=1S/C22H19Cl2F3N2O5/c1-29-8-15(14-6-12(23)7-17(24)16(14)9-29)13-4-2-3-5-18(13)28-19(30)10-33-11-20(31)34-21(32)22(25,26)27/h2-7,15H,8-11H2,1H3,(H,28,30)/t15-/m0/s1. The lowest BCUT2D eigenvalue weighted by molar-refractivity contribution is -0.203. The molecule has 182 valence electrons. The highest BCUT2D eigenvalue weighted by molar-refractivity contribution is 6.35. The third kappa shape index (κ3) is 6.47. The lowest BCUT2D eigenvalue weighted by atomic mass is 9.84. The molecule has 3 rings (SSSR count). The zero-order valence-corrected chi connectivity index (χ0v) is 19.3. The number of esters is 2. The van der Waals surface area contributed by atoms with E-state index in [4.69, 9.17) is 27.9 Å². The highest BCUT2D eigenvalue weighted by Crippen LogP contribution is 2.40. The van der Waals surface area contributed by atoms with Crippen molar-refractivity contribution in [2.75, 3.05) is 32.1 Å². The molecule has 0 unspecified atom stereocenters. The Labute approximate surface area is 202 Å². The lowest BCUT2D eigenvalue weighted by Crippen LogP contribution is -2.32. The molecule has 2 aromatic carbocycles. The topological polar surface area (TPSA) is 84.9 Å². The van der Waals surface area contributed by atoms with Gasteiger partial charge in [-0.3, -0.25) is 4.79 Å². The normalized spacial score (nSPS) is 16.0. The summed E-state index contributed by atoms with van der Waals surface area (Å²) < 4.78 is 44.7. The molecule has 7 nitrogen and oxygen atoms in total. The van der Waals surface area contributed by atoms with Crippen LogP contribution in [0, 0.1) is 0 Å². The zero-order chi connectivity index (χ0) is 25.0. The fourth-order valence-electron chi connectivity index (χ4n) is 3.63. The number of likely N-dealkylation sites (N-methyl/N-ethyl adjacent to an activating group) is 1. The minimum atomic E-state index is -5.31. The number of anilines is 1. The molecule has 1 aliphatic rings. The van der Waals surface area contributed by atoms with Gasteiger partial charge in [-0.05, 0) is 41.9 Å². The average molecular weight is 519 g/mol. The van der Waals surface area contributed by atoms with E-state index < -0.39 is 37.2 Å². The number of hydrogen-bond donors (Lipinski definition) is 1. The molecule has 0 aromatic heterocycles. The first-order valence-electron chi connectivity index (χ1n) is 9.90. The molecule has 12 heteroatoms. The van der Waals surface area contributed by atoms with E-state index in [0.29, 0.717) is 28.8 Å². The van der Waals surface area contributed by atoms with Gasteiger partial charge in [0, 0.05) is 34.7 Å². The van der Waals surface area contributed by atoms with Crippen LogP contribution in [0.5, 0.6) is 0 Å². The molecule has 1 aliphatic heterocycles. The SMILES string of the molecule is CN1Cc2c(Cl)cc(Cl)cc2[C@H](c2ccccc2NC(=O)COCC(=O)OC(=O)C(F)(F)F)C1. The maximum absolute atomic E-state index is 12.3. The van der Waals surface area contributed by atoms with Gasteiger partial charge in [0.25, 0.3) is 0 Å². The minimum Gasteiger partial charge on any atom is -0.385 e. The van der Waals surface area contributed by atoms with Gasteiger partial charge >= 0.3 is 18.1 Å². The Kier molecular flexibility index (Phi) is 8.19. The predicted molar refractivity (Wildman–Crippen MR) is 118 cm³/mol. The van der Waals surface area contributed by atoms with Crippen LogP contribution in [0.2, 0.25) is 10.0 Å². The van der Waals surface area contributed by atoms with Gasteiger partial charge in [0.05, 0.1) is 0 Å². The molecule has 1 heterocycles. The number of ether oxygens (including phenoxy) is 2. The number of benzene rings is 2. The van der Waals surface area contributed by atoms with Crippen molar-refractivity contribution in [1.29, 1.82) is 0 Å². The van der Waals surface area contributed by atoms with Crippen molar-refractivity contribution in [3.63, 3.8) is 0 Å². The molecule has 0 aliphatic carbocycles. The van der Waals surface area contributed by atoms with Crippen molar-refractivity contribution in [3.05, 3.63) is 63.1 Å². The highest BCUT2D eigenvalue weighted by atomic mass is 35.5. The van der Waals surface area contributed by atoms with E-state index in [1.54, 1.807) is 18.2 Å². The van der Waals surface area contributed by atoms with Crippen LogP contribution in [0.4, 0.5) is 18.9 Å². The van der Waals surface area contributed by atoms with E-state index in [0.717, 1.165) is 16.7 Å². The molecule has 1 amide bonds. The Hall–Kier alpha value is -2.66. The number of amides is 1. The number of halogens is 5. The fourth-order valence-corrected chi connectivity index (χ4v) is 4.20. The smallest absolute Gasteiger partial charge is 0.385 e. The summed E-state index contributed by atoms with van der Waals surface area (Å²) in [5, 5.41) is 3.71. The summed E-state index contributed by atoms with van der Waals surface area (Å²) in [6, 6.07) is 10.6. The van der Waals surface area contributed by atoms with Crippen LogP contribution in [-0.4, -0.2) is 55.7 Å². The van der Waals surface area contributed by atoms with Crippen molar-refractivity contribution in [2.24, 2.45) is 0 Å². The second kappa shape index (κ2) is 10.7. The Morgan fingerprint density at radius 1 is 1.12 bits per heavy atom. The van der Waals surface area contributed by atoms with Crippen LogP contribution in [-0.2, 0) is 30.4 Å². The van der Waals surface area contributed by atoms with Crippen molar-refractivity contribution < 1.29 is 37.0 Å². The molecule has 0 fully saturated rings. The monoisotopic (exact) mass is 518 g/mol. The van der Waals surface area contributed by atoms with Crippen LogP contribution in [0.1, 0.15) is 22.6 Å². The number of carbonyl (C=O) groups excluding carboxylic acids is 3. The summed E-state index contributed by atoms with van der Waals surface area (Å²) in [7, 11) is 1.94. The number of nitrogens with zero attached hydrogens (tertiary/aromatic N) is 1. The summed E-state index contributed by atoms with van der Waals surface area (Å²) in [6.45, 7) is -0.388. The highest BCUT2D eigenvalue weighted by Gasteiger charge is 2.42. The van der Waals surface area contributed by atoms with E-state index in [-0.39, 0.29) is 5.92 Å². The van der Waals surface area contributed by atoms with Gasteiger partial charge < -0.3 is 19.7 Å². The van der Waals surface area contributed by atoms with E-state index in [9.17, 15) is 27.6 Å². The van der Waals surface area contributed by atoms with Gasteiger partial charge in [-0.15, -0.1) is 0 Å². The number of alkyl halides is 3. The molecule has 0 radical (unpaired) electrons. The third-order valence-electron chi connectivity index (χ3n) is 4.99. The van der Waals surface area contributed by atoms with Gasteiger partial charge in [-0.1, -0.05) is 41.4 Å². The quantitative estimate of drug-likeness (QED) is 0.456. The number of rotatable bonds is 6. The zero-order valence-electron chi connectivity index (χ0n) is 17.7. The molecule has 0 spiro atoms. The van der Waals surface area contributed by atoms with E-state index >= 15 is 0 Å². The summed E-state index contributed by atoms with van der Waals surface area (Å²) in [6.07, 6.45) is -5.31. The first kappa shape index (κ1) is 26.0. The van der Waals surface area contributed by atoms with Crippen molar-refractivity contribution >= 4 is 46.7 Å². The molecule has 2 aromatic rings. The Morgan fingerprint density at radius 3 is 2.53 bits per heavy atom. The summed E-state index contributed by atoms with van der Waals surface area (Å²) in [5.41, 5.74) is 3.14. The first-order valence-corrected chi connectivity index (χ1v) is 10.7. The molecular formula is C22H19Cl2F3N2O5. The van der Waals surface area contributed by atoms with Crippen LogP contribution in [0.25, 0.3) is 0 Å². The number of para-hydroxylation sites is 1. The minimum absolute atomic E-state index is 0.161. The van der Waals surface area contributed by atoms with Crippen molar-refractivity contribution in [1.82, 2.24) is 4.90 Å². The summed E-state index contributed by atoms with van der Waals surface area (Å²) in [5.74, 6) is -5.04. The second-order valence-electron chi connectivity index (χ2n) is 7.59. The number of fused-ring (bicyclic) bond motifs is 1. The Bertz CT molecular complexity index is 1110.